The van der Waals surface area contributed by atoms with E-state index in [0.717, 1.165) is 16.1 Å². The minimum absolute atomic E-state index is 0.250. The lowest BCUT2D eigenvalue weighted by molar-refractivity contribution is 0.581. The van der Waals surface area contributed by atoms with Gasteiger partial charge in [0, 0.05) is 15.9 Å². The molecule has 4 nitrogen and oxygen atoms in total. The van der Waals surface area contributed by atoms with Crippen molar-refractivity contribution in [1.29, 1.82) is 0 Å². The van der Waals surface area contributed by atoms with Crippen LogP contribution in [0, 0.1) is 13.8 Å². The SMILES string of the molecule is Cc1ccc(S(=O)(=O)NCc2scnc2C)c(Br)c1. The van der Waals surface area contributed by atoms with Crippen molar-refractivity contribution in [1.82, 2.24) is 9.71 Å². The molecule has 0 fully saturated rings. The lowest BCUT2D eigenvalue weighted by Crippen LogP contribution is -2.23. The maximum atomic E-state index is 12.2. The number of aromatic nitrogens is 1. The fourth-order valence-electron chi connectivity index (χ4n) is 1.56. The minimum atomic E-state index is -3.52. The first-order valence-electron chi connectivity index (χ1n) is 5.55. The number of rotatable bonds is 4. The van der Waals surface area contributed by atoms with Crippen molar-refractivity contribution in [3.05, 3.63) is 44.3 Å². The molecular formula is C12H13BrN2O2S2. The molecule has 0 bridgehead atoms. The van der Waals surface area contributed by atoms with Crippen molar-refractivity contribution in [3.8, 4) is 0 Å². The normalized spacial score (nSPS) is 11.7. The van der Waals surface area contributed by atoms with Crippen molar-refractivity contribution >= 4 is 37.3 Å². The van der Waals surface area contributed by atoms with Crippen LogP contribution in [0.2, 0.25) is 0 Å². The lowest BCUT2D eigenvalue weighted by Gasteiger charge is -2.08. The van der Waals surface area contributed by atoms with Crippen LogP contribution in [0.4, 0.5) is 0 Å². The predicted octanol–water partition coefficient (Wildman–Crippen LogP) is 3.00. The van der Waals surface area contributed by atoms with E-state index >= 15 is 0 Å². The molecule has 102 valence electrons. The molecule has 1 aromatic heterocycles. The van der Waals surface area contributed by atoms with Crippen molar-refractivity contribution in [3.63, 3.8) is 0 Å². The van der Waals surface area contributed by atoms with E-state index in [9.17, 15) is 8.42 Å². The third kappa shape index (κ3) is 3.42. The zero-order valence-corrected chi connectivity index (χ0v) is 13.7. The second kappa shape index (κ2) is 5.70. The summed E-state index contributed by atoms with van der Waals surface area (Å²) < 4.78 is 27.6. The van der Waals surface area contributed by atoms with Crippen LogP contribution in [-0.2, 0) is 16.6 Å². The molecule has 0 unspecified atom stereocenters. The van der Waals surface area contributed by atoms with Gasteiger partial charge in [0.25, 0.3) is 0 Å². The summed E-state index contributed by atoms with van der Waals surface area (Å²) in [5, 5.41) is 0. The van der Waals surface area contributed by atoms with Crippen LogP contribution in [0.3, 0.4) is 0 Å². The maximum Gasteiger partial charge on any atom is 0.242 e. The molecule has 1 N–H and O–H groups in total. The van der Waals surface area contributed by atoms with Gasteiger partial charge < -0.3 is 0 Å². The Hall–Kier alpha value is -0.760. The van der Waals surface area contributed by atoms with Crippen LogP contribution < -0.4 is 4.72 Å². The Kier molecular flexibility index (Phi) is 4.39. The molecule has 19 heavy (non-hydrogen) atoms. The number of aryl methyl sites for hydroxylation is 2. The summed E-state index contributed by atoms with van der Waals surface area (Å²) in [6.07, 6.45) is 0. The molecule has 1 heterocycles. The molecule has 0 aliphatic carbocycles. The highest BCUT2D eigenvalue weighted by atomic mass is 79.9. The van der Waals surface area contributed by atoms with Gasteiger partial charge in [-0.1, -0.05) is 6.07 Å². The number of nitrogens with zero attached hydrogens (tertiary/aromatic N) is 1. The molecule has 0 atom stereocenters. The quantitative estimate of drug-likeness (QED) is 0.911. The summed E-state index contributed by atoms with van der Waals surface area (Å²) in [5.74, 6) is 0. The molecule has 2 aromatic rings. The Morgan fingerprint density at radius 2 is 2.11 bits per heavy atom. The zero-order chi connectivity index (χ0) is 14.0. The Balaban J connectivity index is 2.21. The van der Waals surface area contributed by atoms with Gasteiger partial charge in [-0.3, -0.25) is 0 Å². The molecule has 0 aliphatic heterocycles. The summed E-state index contributed by atoms with van der Waals surface area (Å²) in [4.78, 5) is 5.27. The number of benzene rings is 1. The molecule has 0 amide bonds. The van der Waals surface area contributed by atoms with Crippen LogP contribution in [-0.4, -0.2) is 13.4 Å². The summed E-state index contributed by atoms with van der Waals surface area (Å²) in [6.45, 7) is 4.04. The Morgan fingerprint density at radius 1 is 1.37 bits per heavy atom. The van der Waals surface area contributed by atoms with Crippen molar-refractivity contribution in [2.75, 3.05) is 0 Å². The largest absolute Gasteiger partial charge is 0.250 e. The third-order valence-electron chi connectivity index (χ3n) is 2.64. The van der Waals surface area contributed by atoms with Crippen LogP contribution in [0.1, 0.15) is 16.1 Å². The highest BCUT2D eigenvalue weighted by molar-refractivity contribution is 9.10. The first-order valence-corrected chi connectivity index (χ1v) is 8.70. The Bertz CT molecular complexity index is 696. The third-order valence-corrected chi connectivity index (χ3v) is 5.96. The summed E-state index contributed by atoms with van der Waals surface area (Å²) in [7, 11) is -3.52. The zero-order valence-electron chi connectivity index (χ0n) is 10.5. The van der Waals surface area contributed by atoms with Gasteiger partial charge in [0.1, 0.15) is 0 Å². The maximum absolute atomic E-state index is 12.2. The first-order chi connectivity index (χ1) is 8.90. The van der Waals surface area contributed by atoms with Crippen molar-refractivity contribution < 1.29 is 8.42 Å². The summed E-state index contributed by atoms with van der Waals surface area (Å²) in [6, 6.07) is 5.16. The molecule has 0 aliphatic rings. The fourth-order valence-corrected chi connectivity index (χ4v) is 4.55. The molecule has 7 heteroatoms. The van der Waals surface area contributed by atoms with Crippen molar-refractivity contribution in [2.45, 2.75) is 25.3 Å². The average Bonchev–Trinajstić information content (AvgIpc) is 2.72. The van der Waals surface area contributed by atoms with Gasteiger partial charge in [-0.05, 0) is 47.5 Å². The van der Waals surface area contributed by atoms with Gasteiger partial charge in [-0.15, -0.1) is 11.3 Å². The average molecular weight is 361 g/mol. The molecule has 2 rings (SSSR count). The predicted molar refractivity (Wildman–Crippen MR) is 79.8 cm³/mol. The Morgan fingerprint density at radius 3 is 2.68 bits per heavy atom. The van der Waals surface area contributed by atoms with Crippen LogP contribution >= 0.6 is 27.3 Å². The smallest absolute Gasteiger partial charge is 0.242 e. The number of sulfonamides is 1. The van der Waals surface area contributed by atoms with Gasteiger partial charge in [-0.2, -0.15) is 0 Å². The first kappa shape index (κ1) is 14.6. The van der Waals surface area contributed by atoms with Gasteiger partial charge in [-0.25, -0.2) is 18.1 Å². The van der Waals surface area contributed by atoms with Gasteiger partial charge in [0.05, 0.1) is 16.1 Å². The molecule has 0 saturated heterocycles. The van der Waals surface area contributed by atoms with E-state index in [1.54, 1.807) is 23.7 Å². The number of hydrogen-bond acceptors (Lipinski definition) is 4. The van der Waals surface area contributed by atoms with Crippen LogP contribution in [0.5, 0.6) is 0 Å². The standard InChI is InChI=1S/C12H13BrN2O2S2/c1-8-3-4-12(10(13)5-8)19(16,17)15-6-11-9(2)14-7-18-11/h3-5,7,15H,6H2,1-2H3. The van der Waals surface area contributed by atoms with E-state index in [2.05, 4.69) is 25.6 Å². The Labute approximate surface area is 125 Å². The number of hydrogen-bond donors (Lipinski definition) is 1. The van der Waals surface area contributed by atoms with E-state index < -0.39 is 10.0 Å². The fraction of sp³-hybridized carbons (Fsp3) is 0.250. The molecular weight excluding hydrogens is 348 g/mol. The van der Waals surface area contributed by atoms with E-state index in [1.807, 2.05) is 13.8 Å². The van der Waals surface area contributed by atoms with Gasteiger partial charge in [0.2, 0.25) is 10.0 Å². The van der Waals surface area contributed by atoms with Gasteiger partial charge in [0.15, 0.2) is 0 Å². The number of halogens is 1. The van der Waals surface area contributed by atoms with E-state index in [-0.39, 0.29) is 11.4 Å². The monoisotopic (exact) mass is 360 g/mol. The van der Waals surface area contributed by atoms with Gasteiger partial charge >= 0.3 is 0 Å². The number of nitrogens with one attached hydrogen (secondary N) is 1. The van der Waals surface area contributed by atoms with E-state index in [1.165, 1.54) is 11.3 Å². The number of thiazole rings is 1. The molecule has 0 radical (unpaired) electrons. The molecule has 0 spiro atoms. The summed E-state index contributed by atoms with van der Waals surface area (Å²) in [5.41, 5.74) is 3.57. The minimum Gasteiger partial charge on any atom is -0.250 e. The second-order valence-electron chi connectivity index (χ2n) is 4.12. The molecule has 0 saturated carbocycles. The molecule has 1 aromatic carbocycles. The van der Waals surface area contributed by atoms with Crippen LogP contribution in [0.15, 0.2) is 33.1 Å². The highest BCUT2D eigenvalue weighted by Gasteiger charge is 2.17. The van der Waals surface area contributed by atoms with Crippen molar-refractivity contribution in [2.24, 2.45) is 0 Å². The topological polar surface area (TPSA) is 59.1 Å². The van der Waals surface area contributed by atoms with Crippen LogP contribution in [0.25, 0.3) is 0 Å². The highest BCUT2D eigenvalue weighted by Crippen LogP contribution is 2.23. The second-order valence-corrected chi connectivity index (χ2v) is 7.65. The van der Waals surface area contributed by atoms with E-state index in [4.69, 9.17) is 0 Å². The van der Waals surface area contributed by atoms with E-state index in [0.29, 0.717) is 4.47 Å². The lowest BCUT2D eigenvalue weighted by atomic mass is 10.2. The summed E-state index contributed by atoms with van der Waals surface area (Å²) >= 11 is 4.73.